The summed E-state index contributed by atoms with van der Waals surface area (Å²) in [5.41, 5.74) is -0.0758. The number of furan rings is 1. The van der Waals surface area contributed by atoms with Crippen LogP contribution in [0.2, 0.25) is 0 Å². The van der Waals surface area contributed by atoms with Gasteiger partial charge < -0.3 is 14.3 Å². The van der Waals surface area contributed by atoms with E-state index < -0.39 is 22.8 Å². The van der Waals surface area contributed by atoms with Gasteiger partial charge in [0.2, 0.25) is 5.91 Å². The highest BCUT2D eigenvalue weighted by molar-refractivity contribution is 8.00. The summed E-state index contributed by atoms with van der Waals surface area (Å²) in [6, 6.07) is 6.47. The number of carbonyl (C=O) groups excluding carboxylic acids is 1. The molecule has 0 radical (unpaired) electrons. The molecular formula is C16H14F2N4O2S. The molecule has 1 aromatic carbocycles. The molecule has 0 aliphatic carbocycles. The zero-order chi connectivity index (χ0) is 18.0. The Morgan fingerprint density at radius 2 is 2.12 bits per heavy atom. The molecule has 0 saturated heterocycles. The number of nitrogens with zero attached hydrogens (tertiary/aromatic N) is 3. The van der Waals surface area contributed by atoms with E-state index in [-0.39, 0.29) is 5.69 Å². The van der Waals surface area contributed by atoms with Crippen molar-refractivity contribution >= 4 is 23.4 Å². The Balaban J connectivity index is 1.69. The summed E-state index contributed by atoms with van der Waals surface area (Å²) >= 11 is 1.16. The summed E-state index contributed by atoms with van der Waals surface area (Å²) < 4.78 is 33.5. The van der Waals surface area contributed by atoms with Crippen LogP contribution in [0.5, 0.6) is 0 Å². The molecule has 0 spiro atoms. The van der Waals surface area contributed by atoms with Gasteiger partial charge in [0, 0.05) is 13.1 Å². The van der Waals surface area contributed by atoms with E-state index in [0.29, 0.717) is 22.8 Å². The Morgan fingerprint density at radius 3 is 2.80 bits per heavy atom. The second kappa shape index (κ2) is 7.06. The molecule has 0 bridgehead atoms. The fourth-order valence-corrected chi connectivity index (χ4v) is 2.89. The molecule has 1 N–H and O–H groups in total. The molecular weight excluding hydrogens is 350 g/mol. The van der Waals surface area contributed by atoms with Gasteiger partial charge in [-0.05, 0) is 31.2 Å². The van der Waals surface area contributed by atoms with E-state index in [1.807, 2.05) is 0 Å². The summed E-state index contributed by atoms with van der Waals surface area (Å²) in [4.78, 5) is 12.2. The van der Waals surface area contributed by atoms with Crippen LogP contribution in [0.25, 0.3) is 11.6 Å². The average Bonchev–Trinajstić information content (AvgIpc) is 3.20. The molecule has 3 aromatic rings. The monoisotopic (exact) mass is 364 g/mol. The Kier molecular flexibility index (Phi) is 4.84. The maximum Gasteiger partial charge on any atom is 0.237 e. The van der Waals surface area contributed by atoms with Crippen molar-refractivity contribution in [3.63, 3.8) is 0 Å². The van der Waals surface area contributed by atoms with E-state index in [1.54, 1.807) is 30.7 Å². The van der Waals surface area contributed by atoms with Crippen molar-refractivity contribution in [2.24, 2.45) is 7.05 Å². The van der Waals surface area contributed by atoms with Gasteiger partial charge in [-0.3, -0.25) is 4.79 Å². The fourth-order valence-electron chi connectivity index (χ4n) is 2.07. The van der Waals surface area contributed by atoms with Crippen molar-refractivity contribution in [3.05, 3.63) is 48.2 Å². The third-order valence-electron chi connectivity index (χ3n) is 3.42. The van der Waals surface area contributed by atoms with Crippen molar-refractivity contribution < 1.29 is 18.0 Å². The number of amides is 1. The van der Waals surface area contributed by atoms with Gasteiger partial charge in [0.1, 0.15) is 11.6 Å². The number of carbonyl (C=O) groups is 1. The van der Waals surface area contributed by atoms with Crippen LogP contribution in [0.1, 0.15) is 6.92 Å². The van der Waals surface area contributed by atoms with Gasteiger partial charge in [0.05, 0.1) is 17.2 Å². The molecule has 0 unspecified atom stereocenters. The lowest BCUT2D eigenvalue weighted by molar-refractivity contribution is -0.115. The molecule has 2 aromatic heterocycles. The maximum atomic E-state index is 13.6. The summed E-state index contributed by atoms with van der Waals surface area (Å²) in [5, 5.41) is 10.5. The molecule has 9 heteroatoms. The van der Waals surface area contributed by atoms with Gasteiger partial charge in [0.25, 0.3) is 0 Å². The minimum atomic E-state index is -0.829. The van der Waals surface area contributed by atoms with E-state index in [4.69, 9.17) is 4.42 Å². The number of aromatic nitrogens is 3. The van der Waals surface area contributed by atoms with Gasteiger partial charge in [0.15, 0.2) is 16.7 Å². The molecule has 130 valence electrons. The number of rotatable bonds is 5. The van der Waals surface area contributed by atoms with Gasteiger partial charge in [-0.25, -0.2) is 8.78 Å². The number of nitrogens with one attached hydrogen (secondary N) is 1. The maximum absolute atomic E-state index is 13.6. The Morgan fingerprint density at radius 1 is 1.32 bits per heavy atom. The first-order valence-corrected chi connectivity index (χ1v) is 8.19. The number of anilines is 1. The van der Waals surface area contributed by atoms with E-state index in [2.05, 4.69) is 15.5 Å². The summed E-state index contributed by atoms with van der Waals surface area (Å²) in [6.07, 6.45) is 1.53. The van der Waals surface area contributed by atoms with Crippen molar-refractivity contribution in [2.45, 2.75) is 17.3 Å². The van der Waals surface area contributed by atoms with E-state index in [1.165, 1.54) is 12.3 Å². The van der Waals surface area contributed by atoms with Gasteiger partial charge in [-0.15, -0.1) is 10.2 Å². The topological polar surface area (TPSA) is 73.0 Å². The van der Waals surface area contributed by atoms with Gasteiger partial charge in [-0.2, -0.15) is 0 Å². The lowest BCUT2D eigenvalue weighted by Gasteiger charge is -2.12. The highest BCUT2D eigenvalue weighted by atomic mass is 32.2. The van der Waals surface area contributed by atoms with Crippen LogP contribution in [0.15, 0.2) is 46.2 Å². The average molecular weight is 364 g/mol. The van der Waals surface area contributed by atoms with Crippen molar-refractivity contribution in [2.75, 3.05) is 5.32 Å². The Labute approximate surface area is 146 Å². The first kappa shape index (κ1) is 17.2. The molecule has 0 aliphatic heterocycles. The largest absolute Gasteiger partial charge is 0.461 e. The smallest absolute Gasteiger partial charge is 0.237 e. The second-order valence-electron chi connectivity index (χ2n) is 5.22. The minimum absolute atomic E-state index is 0.0758. The number of hydrogen-bond acceptors (Lipinski definition) is 5. The minimum Gasteiger partial charge on any atom is -0.461 e. The van der Waals surface area contributed by atoms with Crippen LogP contribution >= 0.6 is 11.8 Å². The molecule has 3 rings (SSSR count). The van der Waals surface area contributed by atoms with Crippen molar-refractivity contribution in [1.82, 2.24) is 14.8 Å². The predicted octanol–water partition coefficient (Wildman–Crippen LogP) is 3.47. The zero-order valence-electron chi connectivity index (χ0n) is 13.4. The van der Waals surface area contributed by atoms with Crippen molar-refractivity contribution in [3.8, 4) is 11.6 Å². The van der Waals surface area contributed by atoms with Crippen molar-refractivity contribution in [1.29, 1.82) is 0 Å². The third kappa shape index (κ3) is 3.71. The lowest BCUT2D eigenvalue weighted by Crippen LogP contribution is -2.23. The van der Waals surface area contributed by atoms with Gasteiger partial charge >= 0.3 is 0 Å². The molecule has 0 saturated carbocycles. The number of benzene rings is 1. The molecule has 0 fully saturated rings. The zero-order valence-corrected chi connectivity index (χ0v) is 14.2. The van der Waals surface area contributed by atoms with Crippen LogP contribution in [-0.4, -0.2) is 25.9 Å². The number of halogens is 2. The summed E-state index contributed by atoms with van der Waals surface area (Å²) in [6.45, 7) is 1.66. The first-order chi connectivity index (χ1) is 12.0. The second-order valence-corrected chi connectivity index (χ2v) is 6.52. The lowest BCUT2D eigenvalue weighted by atomic mass is 10.3. The van der Waals surface area contributed by atoms with Crippen LogP contribution in [0, 0.1) is 11.6 Å². The Bertz CT molecular complexity index is 896. The Hall–Kier alpha value is -2.68. The summed E-state index contributed by atoms with van der Waals surface area (Å²) in [7, 11) is 1.75. The third-order valence-corrected chi connectivity index (χ3v) is 4.55. The van der Waals surface area contributed by atoms with Gasteiger partial charge in [-0.1, -0.05) is 11.8 Å². The van der Waals surface area contributed by atoms with E-state index in [9.17, 15) is 13.6 Å². The first-order valence-electron chi connectivity index (χ1n) is 7.31. The molecule has 2 heterocycles. The molecule has 0 aliphatic rings. The molecule has 6 nitrogen and oxygen atoms in total. The van der Waals surface area contributed by atoms with Crippen LogP contribution in [-0.2, 0) is 11.8 Å². The number of thioether (sulfide) groups is 1. The molecule has 1 amide bonds. The standard InChI is InChI=1S/C16H14F2N4O2S/c1-9(15(23)19-12-6-5-10(17)8-11(12)18)25-16-21-20-14(22(16)2)13-4-3-7-24-13/h3-9H,1-2H3,(H,19,23)/t9-/m0/s1. The van der Waals surface area contributed by atoms with Crippen LogP contribution in [0.4, 0.5) is 14.5 Å². The fraction of sp³-hybridized carbons (Fsp3) is 0.188. The van der Waals surface area contributed by atoms with E-state index >= 15 is 0 Å². The number of hydrogen-bond donors (Lipinski definition) is 1. The van der Waals surface area contributed by atoms with E-state index in [0.717, 1.165) is 17.8 Å². The predicted molar refractivity (Wildman–Crippen MR) is 89.0 cm³/mol. The van der Waals surface area contributed by atoms with Crippen LogP contribution < -0.4 is 5.32 Å². The normalized spacial score (nSPS) is 12.2. The molecule has 1 atom stereocenters. The SMILES string of the molecule is C[C@H](Sc1nnc(-c2ccco2)n1C)C(=O)Nc1ccc(F)cc1F. The van der Waals surface area contributed by atoms with Crippen LogP contribution in [0.3, 0.4) is 0 Å². The highest BCUT2D eigenvalue weighted by Crippen LogP contribution is 2.26. The highest BCUT2D eigenvalue weighted by Gasteiger charge is 2.21. The summed E-state index contributed by atoms with van der Waals surface area (Å²) in [5.74, 6) is -0.873. The quantitative estimate of drug-likeness (QED) is 0.702. The molecule has 25 heavy (non-hydrogen) atoms.